The van der Waals surface area contributed by atoms with Crippen LogP contribution >= 0.6 is 0 Å². The molecule has 3 N–H and O–H groups in total. The molecule has 0 radical (unpaired) electrons. The smallest absolute Gasteiger partial charge is 0.250 e. The first-order chi connectivity index (χ1) is 6.76. The van der Waals surface area contributed by atoms with E-state index in [0.717, 1.165) is 0 Å². The van der Waals surface area contributed by atoms with Crippen molar-refractivity contribution < 1.29 is 9.53 Å². The molecule has 0 spiro atoms. The molecule has 6 heteroatoms. The summed E-state index contributed by atoms with van der Waals surface area (Å²) in [7, 11) is 1.47. The van der Waals surface area contributed by atoms with Gasteiger partial charge < -0.3 is 15.8 Å². The molecular weight excluding hydrogens is 184 g/mol. The highest BCUT2D eigenvalue weighted by Crippen LogP contribution is 2.03. The molecular formula is C8H14N4O2. The Hall–Kier alpha value is -1.40. The first-order valence-corrected chi connectivity index (χ1v) is 4.27. The van der Waals surface area contributed by atoms with E-state index in [4.69, 9.17) is 5.73 Å². The van der Waals surface area contributed by atoms with Crippen molar-refractivity contribution in [1.29, 1.82) is 0 Å². The summed E-state index contributed by atoms with van der Waals surface area (Å²) in [5.41, 5.74) is 6.00. The van der Waals surface area contributed by atoms with Crippen LogP contribution in [0.2, 0.25) is 0 Å². The Morgan fingerprint density at radius 3 is 3.21 bits per heavy atom. The van der Waals surface area contributed by atoms with Crippen LogP contribution < -0.4 is 11.1 Å². The first kappa shape index (κ1) is 10.7. The molecule has 0 unspecified atom stereocenters. The Morgan fingerprint density at radius 1 is 1.79 bits per heavy atom. The van der Waals surface area contributed by atoms with E-state index < -0.39 is 0 Å². The molecule has 6 nitrogen and oxygen atoms in total. The van der Waals surface area contributed by atoms with Crippen molar-refractivity contribution in [3.8, 4) is 0 Å². The van der Waals surface area contributed by atoms with E-state index >= 15 is 0 Å². The van der Waals surface area contributed by atoms with Crippen molar-refractivity contribution in [2.45, 2.75) is 6.54 Å². The average molecular weight is 198 g/mol. The van der Waals surface area contributed by atoms with Gasteiger partial charge in [0.2, 0.25) is 5.91 Å². The van der Waals surface area contributed by atoms with E-state index in [2.05, 4.69) is 15.2 Å². The molecule has 0 saturated carbocycles. The summed E-state index contributed by atoms with van der Waals surface area (Å²) in [6, 6.07) is 0. The number of nitrogens with zero attached hydrogens (tertiary/aromatic N) is 2. The monoisotopic (exact) mass is 198 g/mol. The molecule has 1 aromatic rings. The molecule has 1 rings (SSSR count). The van der Waals surface area contributed by atoms with Crippen molar-refractivity contribution >= 4 is 11.6 Å². The largest absolute Gasteiger partial charge is 0.375 e. The summed E-state index contributed by atoms with van der Waals surface area (Å²) in [6.07, 6.45) is 3.30. The molecule has 78 valence electrons. The number of hydrogen-bond donors (Lipinski definition) is 2. The topological polar surface area (TPSA) is 82.2 Å². The summed E-state index contributed by atoms with van der Waals surface area (Å²) >= 11 is 0. The van der Waals surface area contributed by atoms with Gasteiger partial charge in [0.15, 0.2) is 0 Å². The maximum atomic E-state index is 11.1. The van der Waals surface area contributed by atoms with Crippen LogP contribution in [0.25, 0.3) is 0 Å². The second-order valence-electron chi connectivity index (χ2n) is 2.76. The minimum Gasteiger partial charge on any atom is -0.375 e. The Balaban J connectivity index is 2.46. The predicted molar refractivity (Wildman–Crippen MR) is 51.8 cm³/mol. The number of carbonyl (C=O) groups excluding carboxylic acids is 1. The molecule has 0 aromatic carbocycles. The minimum atomic E-state index is -0.195. The van der Waals surface area contributed by atoms with Gasteiger partial charge in [-0.2, -0.15) is 5.10 Å². The molecule has 0 aliphatic heterocycles. The fraction of sp³-hybridized carbons (Fsp3) is 0.500. The van der Waals surface area contributed by atoms with Gasteiger partial charge in [0.25, 0.3) is 0 Å². The number of methoxy groups -OCH3 is 1. The van der Waals surface area contributed by atoms with Gasteiger partial charge in [0.1, 0.15) is 6.61 Å². The summed E-state index contributed by atoms with van der Waals surface area (Å²) in [4.78, 5) is 11.1. The summed E-state index contributed by atoms with van der Waals surface area (Å²) in [6.45, 7) is 1.20. The van der Waals surface area contributed by atoms with Gasteiger partial charge in [-0.3, -0.25) is 9.48 Å². The number of carbonyl (C=O) groups is 1. The van der Waals surface area contributed by atoms with Crippen molar-refractivity contribution in [1.82, 2.24) is 9.78 Å². The predicted octanol–water partition coefficient (Wildman–Crippen LogP) is -0.573. The van der Waals surface area contributed by atoms with Crippen LogP contribution in [0.4, 0.5) is 5.69 Å². The van der Waals surface area contributed by atoms with E-state index in [-0.39, 0.29) is 12.5 Å². The SMILES string of the molecule is COCC(=O)Nc1cnn(CCN)c1. The van der Waals surface area contributed by atoms with Crippen molar-refractivity contribution in [2.75, 3.05) is 25.6 Å². The van der Waals surface area contributed by atoms with Gasteiger partial charge in [-0.1, -0.05) is 0 Å². The van der Waals surface area contributed by atoms with Crippen LogP contribution in [0.15, 0.2) is 12.4 Å². The van der Waals surface area contributed by atoms with Gasteiger partial charge in [0.05, 0.1) is 18.4 Å². The first-order valence-electron chi connectivity index (χ1n) is 4.27. The Kier molecular flexibility index (Phi) is 4.09. The van der Waals surface area contributed by atoms with Crippen LogP contribution in [-0.2, 0) is 16.1 Å². The van der Waals surface area contributed by atoms with E-state index in [1.807, 2.05) is 0 Å². The third kappa shape index (κ3) is 3.15. The van der Waals surface area contributed by atoms with Gasteiger partial charge in [-0.25, -0.2) is 0 Å². The highest BCUT2D eigenvalue weighted by atomic mass is 16.5. The Labute approximate surface area is 82.0 Å². The molecule has 0 bridgehead atoms. The Morgan fingerprint density at radius 2 is 2.57 bits per heavy atom. The molecule has 0 aliphatic rings. The molecule has 1 heterocycles. The zero-order valence-electron chi connectivity index (χ0n) is 8.06. The van der Waals surface area contributed by atoms with Gasteiger partial charge in [-0.05, 0) is 0 Å². The van der Waals surface area contributed by atoms with Crippen molar-refractivity contribution in [3.63, 3.8) is 0 Å². The lowest BCUT2D eigenvalue weighted by atomic mass is 10.5. The van der Waals surface area contributed by atoms with E-state index in [0.29, 0.717) is 18.8 Å². The van der Waals surface area contributed by atoms with Gasteiger partial charge in [0, 0.05) is 19.9 Å². The number of rotatable bonds is 5. The fourth-order valence-electron chi connectivity index (χ4n) is 1.01. The van der Waals surface area contributed by atoms with E-state index in [9.17, 15) is 4.79 Å². The second kappa shape index (κ2) is 5.36. The molecule has 1 amide bonds. The zero-order valence-corrected chi connectivity index (χ0v) is 8.06. The highest BCUT2D eigenvalue weighted by molar-refractivity contribution is 5.91. The maximum Gasteiger partial charge on any atom is 0.250 e. The molecule has 14 heavy (non-hydrogen) atoms. The maximum absolute atomic E-state index is 11.1. The van der Waals surface area contributed by atoms with Gasteiger partial charge >= 0.3 is 0 Å². The van der Waals surface area contributed by atoms with Crippen LogP contribution in [0, 0.1) is 0 Å². The van der Waals surface area contributed by atoms with Crippen LogP contribution in [0.3, 0.4) is 0 Å². The number of nitrogens with two attached hydrogens (primary N) is 1. The second-order valence-corrected chi connectivity index (χ2v) is 2.76. The average Bonchev–Trinajstić information content (AvgIpc) is 2.53. The summed E-state index contributed by atoms with van der Waals surface area (Å²) < 4.78 is 6.34. The van der Waals surface area contributed by atoms with E-state index in [1.54, 1.807) is 17.1 Å². The fourth-order valence-corrected chi connectivity index (χ4v) is 1.01. The number of amides is 1. The molecule has 0 atom stereocenters. The third-order valence-electron chi connectivity index (χ3n) is 1.55. The van der Waals surface area contributed by atoms with Crippen LogP contribution in [0.1, 0.15) is 0 Å². The highest BCUT2D eigenvalue weighted by Gasteiger charge is 2.02. The van der Waals surface area contributed by atoms with Gasteiger partial charge in [-0.15, -0.1) is 0 Å². The van der Waals surface area contributed by atoms with Crippen molar-refractivity contribution in [2.24, 2.45) is 5.73 Å². The lowest BCUT2D eigenvalue weighted by Crippen LogP contribution is -2.16. The quantitative estimate of drug-likeness (QED) is 0.663. The lowest BCUT2D eigenvalue weighted by molar-refractivity contribution is -0.119. The van der Waals surface area contributed by atoms with Crippen molar-refractivity contribution in [3.05, 3.63) is 12.4 Å². The number of aromatic nitrogens is 2. The normalized spacial score (nSPS) is 10.1. The molecule has 0 fully saturated rings. The van der Waals surface area contributed by atoms with Crippen LogP contribution in [-0.4, -0.2) is 35.9 Å². The molecule has 1 aromatic heterocycles. The minimum absolute atomic E-state index is 0.0437. The third-order valence-corrected chi connectivity index (χ3v) is 1.55. The number of ether oxygens (including phenoxy) is 1. The standard InChI is InChI=1S/C8H14N4O2/c1-14-6-8(13)11-7-4-10-12(5-7)3-2-9/h4-5H,2-3,6,9H2,1H3,(H,11,13). The van der Waals surface area contributed by atoms with E-state index in [1.165, 1.54) is 7.11 Å². The zero-order chi connectivity index (χ0) is 10.4. The number of nitrogens with one attached hydrogen (secondary N) is 1. The Bertz CT molecular complexity index is 297. The molecule has 0 aliphatic carbocycles. The number of hydrogen-bond acceptors (Lipinski definition) is 4. The summed E-state index contributed by atoms with van der Waals surface area (Å²) in [5.74, 6) is -0.195. The summed E-state index contributed by atoms with van der Waals surface area (Å²) in [5, 5.41) is 6.63. The molecule has 0 saturated heterocycles. The van der Waals surface area contributed by atoms with Crippen LogP contribution in [0.5, 0.6) is 0 Å². The lowest BCUT2D eigenvalue weighted by Gasteiger charge is -1.99. The number of anilines is 1.